The minimum absolute atomic E-state index is 0.0559. The molecule has 2 fully saturated rings. The smallest absolute Gasteiger partial charge is 0.318 e. The molecule has 2 bridgehead atoms. The molecule has 0 aromatic carbocycles. The van der Waals surface area contributed by atoms with Gasteiger partial charge in [-0.1, -0.05) is 0 Å². The summed E-state index contributed by atoms with van der Waals surface area (Å²) in [5.74, 6) is 0.845. The first-order chi connectivity index (χ1) is 9.69. The maximum Gasteiger partial charge on any atom is 0.318 e. The predicted molar refractivity (Wildman–Crippen MR) is 77.0 cm³/mol. The summed E-state index contributed by atoms with van der Waals surface area (Å²) in [5.41, 5.74) is 0. The van der Waals surface area contributed by atoms with E-state index in [0.717, 1.165) is 31.7 Å². The Hall–Kier alpha value is -1.56. The lowest BCUT2D eigenvalue weighted by Gasteiger charge is -2.41. The summed E-state index contributed by atoms with van der Waals surface area (Å²) < 4.78 is 0. The maximum atomic E-state index is 12.1. The Labute approximate surface area is 123 Å². The van der Waals surface area contributed by atoms with Crippen molar-refractivity contribution in [1.82, 2.24) is 20.2 Å². The number of hydrogen-bond donors (Lipinski definition) is 1. The Morgan fingerprint density at radius 3 is 2.75 bits per heavy atom. The van der Waals surface area contributed by atoms with Gasteiger partial charge in [-0.05, 0) is 37.4 Å². The quantitative estimate of drug-likeness (QED) is 0.840. The number of anilines is 1. The summed E-state index contributed by atoms with van der Waals surface area (Å²) >= 11 is 5.85. The zero-order valence-electron chi connectivity index (χ0n) is 11.4. The molecule has 0 aliphatic carbocycles. The van der Waals surface area contributed by atoms with Gasteiger partial charge in [0.05, 0.1) is 12.1 Å². The van der Waals surface area contributed by atoms with Crippen LogP contribution in [0.2, 0.25) is 5.28 Å². The van der Waals surface area contributed by atoms with E-state index < -0.39 is 0 Å². The van der Waals surface area contributed by atoms with Gasteiger partial charge in [0.1, 0.15) is 5.82 Å². The van der Waals surface area contributed by atoms with Gasteiger partial charge < -0.3 is 15.1 Å². The lowest BCUT2D eigenvalue weighted by atomic mass is 10.2. The summed E-state index contributed by atoms with van der Waals surface area (Å²) in [6.45, 7) is 4.22. The largest absolute Gasteiger partial charge is 0.352 e. The number of urea groups is 1. The van der Waals surface area contributed by atoms with Gasteiger partial charge in [-0.3, -0.25) is 0 Å². The first-order valence-corrected chi connectivity index (χ1v) is 7.36. The number of rotatable bonds is 2. The van der Waals surface area contributed by atoms with Crippen molar-refractivity contribution in [3.05, 3.63) is 17.5 Å². The second kappa shape index (κ2) is 5.44. The average Bonchev–Trinajstić information content (AvgIpc) is 2.70. The maximum absolute atomic E-state index is 12.1. The molecule has 0 spiro atoms. The standard InChI is InChI=1S/C13H18ClN5O/c1-2-15-13(20)19-9-3-4-10(19)8-18(7-9)11-5-6-16-12(14)17-11/h5-6,9-10H,2-4,7-8H2,1H3,(H,15,20)/t9-,10-/m0/s1. The zero-order valence-corrected chi connectivity index (χ0v) is 12.2. The Morgan fingerprint density at radius 2 is 2.15 bits per heavy atom. The number of halogens is 1. The number of nitrogens with zero attached hydrogens (tertiary/aromatic N) is 4. The van der Waals surface area contributed by atoms with Crippen LogP contribution in [0.4, 0.5) is 10.6 Å². The number of aromatic nitrogens is 2. The van der Waals surface area contributed by atoms with Crippen LogP contribution in [0, 0.1) is 0 Å². The van der Waals surface area contributed by atoms with Crippen LogP contribution in [-0.4, -0.2) is 52.6 Å². The van der Waals surface area contributed by atoms with Crippen molar-refractivity contribution in [2.45, 2.75) is 31.8 Å². The highest BCUT2D eigenvalue weighted by atomic mass is 35.5. The van der Waals surface area contributed by atoms with Crippen LogP contribution in [0.15, 0.2) is 12.3 Å². The van der Waals surface area contributed by atoms with Gasteiger partial charge in [-0.15, -0.1) is 0 Å². The summed E-state index contributed by atoms with van der Waals surface area (Å²) in [6, 6.07) is 2.44. The first-order valence-electron chi connectivity index (χ1n) is 6.98. The molecular weight excluding hydrogens is 278 g/mol. The van der Waals surface area contributed by atoms with Crippen LogP contribution in [0.3, 0.4) is 0 Å². The molecule has 2 aliphatic heterocycles. The Morgan fingerprint density at radius 1 is 1.45 bits per heavy atom. The third-order valence-electron chi connectivity index (χ3n) is 3.98. The minimum atomic E-state index is 0.0559. The number of piperazine rings is 1. The molecular formula is C13H18ClN5O. The van der Waals surface area contributed by atoms with Crippen molar-refractivity contribution in [3.8, 4) is 0 Å². The minimum Gasteiger partial charge on any atom is -0.352 e. The second-order valence-electron chi connectivity index (χ2n) is 5.22. The Balaban J connectivity index is 1.75. The Bertz CT molecular complexity index is 497. The monoisotopic (exact) mass is 295 g/mol. The fourth-order valence-electron chi connectivity index (χ4n) is 3.17. The molecule has 2 atom stereocenters. The van der Waals surface area contributed by atoms with Crippen molar-refractivity contribution in [3.63, 3.8) is 0 Å². The average molecular weight is 296 g/mol. The number of carbonyl (C=O) groups is 1. The van der Waals surface area contributed by atoms with E-state index in [0.29, 0.717) is 6.54 Å². The van der Waals surface area contributed by atoms with Gasteiger partial charge in [-0.2, -0.15) is 0 Å². The van der Waals surface area contributed by atoms with Gasteiger partial charge in [0.25, 0.3) is 0 Å². The van der Waals surface area contributed by atoms with Gasteiger partial charge in [-0.25, -0.2) is 14.8 Å². The van der Waals surface area contributed by atoms with Gasteiger partial charge in [0.15, 0.2) is 0 Å². The molecule has 2 amide bonds. The molecule has 6 nitrogen and oxygen atoms in total. The second-order valence-corrected chi connectivity index (χ2v) is 5.55. The zero-order chi connectivity index (χ0) is 14.1. The van der Waals surface area contributed by atoms with Crippen LogP contribution in [0.5, 0.6) is 0 Å². The lowest BCUT2D eigenvalue weighted by molar-refractivity contribution is 0.162. The van der Waals surface area contributed by atoms with Gasteiger partial charge in [0.2, 0.25) is 5.28 Å². The fourth-order valence-corrected chi connectivity index (χ4v) is 3.31. The lowest BCUT2D eigenvalue weighted by Crippen LogP contribution is -2.58. The third-order valence-corrected chi connectivity index (χ3v) is 4.16. The van der Waals surface area contributed by atoms with E-state index in [1.54, 1.807) is 6.20 Å². The van der Waals surface area contributed by atoms with E-state index in [-0.39, 0.29) is 23.4 Å². The van der Waals surface area contributed by atoms with Gasteiger partial charge >= 0.3 is 6.03 Å². The van der Waals surface area contributed by atoms with Crippen molar-refractivity contribution in [2.24, 2.45) is 0 Å². The SMILES string of the molecule is CCNC(=O)N1[C@H]2CC[C@H]1CN(c1ccnc(Cl)n1)C2. The number of hydrogen-bond acceptors (Lipinski definition) is 4. The molecule has 20 heavy (non-hydrogen) atoms. The highest BCUT2D eigenvalue weighted by Crippen LogP contribution is 2.32. The predicted octanol–water partition coefficient (Wildman–Crippen LogP) is 1.51. The Kier molecular flexibility index (Phi) is 3.65. The topological polar surface area (TPSA) is 61.4 Å². The molecule has 108 valence electrons. The van der Waals surface area contributed by atoms with E-state index in [4.69, 9.17) is 11.6 Å². The highest BCUT2D eigenvalue weighted by molar-refractivity contribution is 6.28. The first kappa shape index (κ1) is 13.4. The molecule has 3 heterocycles. The van der Waals surface area contributed by atoms with Crippen molar-refractivity contribution in [1.29, 1.82) is 0 Å². The number of nitrogens with one attached hydrogen (secondary N) is 1. The molecule has 0 saturated carbocycles. The van der Waals surface area contributed by atoms with Crippen LogP contribution in [0.25, 0.3) is 0 Å². The molecule has 7 heteroatoms. The van der Waals surface area contributed by atoms with Crippen LogP contribution < -0.4 is 10.2 Å². The van der Waals surface area contributed by atoms with Gasteiger partial charge in [0, 0.05) is 25.8 Å². The van der Waals surface area contributed by atoms with Crippen molar-refractivity contribution >= 4 is 23.4 Å². The van der Waals surface area contributed by atoms with E-state index in [1.165, 1.54) is 0 Å². The highest BCUT2D eigenvalue weighted by Gasteiger charge is 2.42. The molecule has 3 rings (SSSR count). The normalized spacial score (nSPS) is 24.9. The summed E-state index contributed by atoms with van der Waals surface area (Å²) in [5, 5.41) is 3.17. The fraction of sp³-hybridized carbons (Fsp3) is 0.615. The van der Waals surface area contributed by atoms with Crippen molar-refractivity contribution < 1.29 is 4.79 Å². The summed E-state index contributed by atoms with van der Waals surface area (Å²) in [6.07, 6.45) is 3.77. The molecule has 2 aliphatic rings. The van der Waals surface area contributed by atoms with E-state index in [2.05, 4.69) is 20.2 Å². The molecule has 2 saturated heterocycles. The van der Waals surface area contributed by atoms with E-state index in [1.807, 2.05) is 17.9 Å². The number of amides is 2. The van der Waals surface area contributed by atoms with Crippen LogP contribution >= 0.6 is 11.6 Å². The molecule has 1 N–H and O–H groups in total. The van der Waals surface area contributed by atoms with E-state index in [9.17, 15) is 4.79 Å². The molecule has 1 aromatic rings. The van der Waals surface area contributed by atoms with Crippen molar-refractivity contribution in [2.75, 3.05) is 24.5 Å². The molecule has 1 aromatic heterocycles. The van der Waals surface area contributed by atoms with Crippen LogP contribution in [0.1, 0.15) is 19.8 Å². The molecule has 0 radical (unpaired) electrons. The number of fused-ring (bicyclic) bond motifs is 2. The van der Waals surface area contributed by atoms with E-state index >= 15 is 0 Å². The third kappa shape index (κ3) is 2.40. The number of carbonyl (C=O) groups excluding carboxylic acids is 1. The molecule has 0 unspecified atom stereocenters. The van der Waals surface area contributed by atoms with Crippen LogP contribution in [-0.2, 0) is 0 Å². The summed E-state index contributed by atoms with van der Waals surface area (Å²) in [4.78, 5) is 24.5. The summed E-state index contributed by atoms with van der Waals surface area (Å²) in [7, 11) is 0.